The van der Waals surface area contributed by atoms with E-state index in [2.05, 4.69) is 17.4 Å². The smallest absolute Gasteiger partial charge is 0.317 e. The van der Waals surface area contributed by atoms with Crippen LogP contribution in [-0.4, -0.2) is 61.0 Å². The zero-order valence-corrected chi connectivity index (χ0v) is 20.9. The lowest BCUT2D eigenvalue weighted by atomic mass is 9.84. The van der Waals surface area contributed by atoms with Crippen LogP contribution in [0.15, 0.2) is 84.9 Å². The minimum absolute atomic E-state index is 0.0784. The second kappa shape index (κ2) is 11.5. The maximum Gasteiger partial charge on any atom is 0.317 e. The van der Waals surface area contributed by atoms with Gasteiger partial charge in [-0.2, -0.15) is 0 Å². The van der Waals surface area contributed by atoms with Crippen LogP contribution in [-0.2, 0) is 11.3 Å². The number of piperazine rings is 1. The molecule has 2 fully saturated rings. The number of hydrogen-bond acceptors (Lipinski definition) is 3. The van der Waals surface area contributed by atoms with Crippen LogP contribution >= 0.6 is 0 Å². The normalized spacial score (nSPS) is 20.0. The summed E-state index contributed by atoms with van der Waals surface area (Å²) >= 11 is 0. The molecule has 2 saturated heterocycles. The summed E-state index contributed by atoms with van der Waals surface area (Å²) in [7, 11) is 0. The third-order valence-corrected chi connectivity index (χ3v) is 7.43. The zero-order chi connectivity index (χ0) is 25.6. The van der Waals surface area contributed by atoms with Crippen molar-refractivity contribution in [2.24, 2.45) is 5.92 Å². The van der Waals surface area contributed by atoms with E-state index in [0.29, 0.717) is 57.9 Å². The second-order valence-electron chi connectivity index (χ2n) is 9.85. The number of rotatable bonds is 5. The molecule has 1 N–H and O–H groups in total. The van der Waals surface area contributed by atoms with Crippen LogP contribution in [0.25, 0.3) is 0 Å². The Morgan fingerprint density at radius 3 is 2.14 bits per heavy atom. The van der Waals surface area contributed by atoms with Crippen molar-refractivity contribution in [2.45, 2.75) is 18.9 Å². The average molecular weight is 501 g/mol. The lowest BCUT2D eigenvalue weighted by molar-refractivity contribution is -0.137. The van der Waals surface area contributed by atoms with Crippen LogP contribution in [0.1, 0.15) is 23.5 Å². The first-order valence-electron chi connectivity index (χ1n) is 13.0. The Hall–Kier alpha value is -3.87. The number of carbonyl (C=O) groups is 2. The highest BCUT2D eigenvalue weighted by Crippen LogP contribution is 2.32. The van der Waals surface area contributed by atoms with Crippen molar-refractivity contribution in [3.63, 3.8) is 0 Å². The van der Waals surface area contributed by atoms with Gasteiger partial charge in [0, 0.05) is 51.7 Å². The van der Waals surface area contributed by atoms with Crippen molar-refractivity contribution in [1.29, 1.82) is 0 Å². The maximum absolute atomic E-state index is 14.2. The lowest BCUT2D eigenvalue weighted by Gasteiger charge is -2.41. The molecular formula is C30H33FN4O2. The van der Waals surface area contributed by atoms with Gasteiger partial charge in [-0.15, -0.1) is 0 Å². The molecule has 37 heavy (non-hydrogen) atoms. The van der Waals surface area contributed by atoms with E-state index >= 15 is 0 Å². The van der Waals surface area contributed by atoms with E-state index in [9.17, 15) is 14.0 Å². The highest BCUT2D eigenvalue weighted by Gasteiger charge is 2.37. The van der Waals surface area contributed by atoms with Gasteiger partial charge in [0.25, 0.3) is 0 Å². The van der Waals surface area contributed by atoms with Crippen LogP contribution in [0, 0.1) is 11.7 Å². The molecule has 7 heteroatoms. The fourth-order valence-electron chi connectivity index (χ4n) is 5.43. The number of nitrogens with zero attached hydrogens (tertiary/aromatic N) is 3. The number of likely N-dealkylation sites (tertiary alicyclic amines) is 1. The van der Waals surface area contributed by atoms with Crippen LogP contribution < -0.4 is 10.2 Å². The molecular weight excluding hydrogens is 467 g/mol. The molecule has 2 aliphatic rings. The lowest BCUT2D eigenvalue weighted by Crippen LogP contribution is -2.55. The largest absolute Gasteiger partial charge is 0.366 e. The predicted molar refractivity (Wildman–Crippen MR) is 143 cm³/mol. The highest BCUT2D eigenvalue weighted by molar-refractivity contribution is 5.81. The monoisotopic (exact) mass is 500 g/mol. The van der Waals surface area contributed by atoms with Gasteiger partial charge in [-0.1, -0.05) is 72.8 Å². The van der Waals surface area contributed by atoms with Crippen molar-refractivity contribution in [3.8, 4) is 0 Å². The number of nitrogens with one attached hydrogen (secondary N) is 1. The summed E-state index contributed by atoms with van der Waals surface area (Å²) < 4.78 is 14.2. The van der Waals surface area contributed by atoms with Crippen LogP contribution in [0.4, 0.5) is 14.9 Å². The minimum atomic E-state index is -0.276. The summed E-state index contributed by atoms with van der Waals surface area (Å²) in [4.78, 5) is 32.5. The summed E-state index contributed by atoms with van der Waals surface area (Å²) in [6.07, 6.45) is 0.707. The topological polar surface area (TPSA) is 55.9 Å². The second-order valence-corrected chi connectivity index (χ2v) is 9.85. The van der Waals surface area contributed by atoms with Gasteiger partial charge >= 0.3 is 6.03 Å². The molecule has 2 unspecified atom stereocenters. The Bertz CT molecular complexity index is 1200. The van der Waals surface area contributed by atoms with E-state index in [1.165, 1.54) is 6.07 Å². The van der Waals surface area contributed by atoms with Gasteiger partial charge in [0.2, 0.25) is 5.91 Å². The van der Waals surface area contributed by atoms with Crippen molar-refractivity contribution in [3.05, 3.63) is 102 Å². The number of amides is 3. The third-order valence-electron chi connectivity index (χ3n) is 7.43. The molecule has 2 heterocycles. The van der Waals surface area contributed by atoms with Gasteiger partial charge in [-0.05, 0) is 29.7 Å². The van der Waals surface area contributed by atoms with E-state index < -0.39 is 0 Å². The molecule has 3 aromatic carbocycles. The Morgan fingerprint density at radius 1 is 0.784 bits per heavy atom. The first-order valence-corrected chi connectivity index (χ1v) is 13.0. The maximum atomic E-state index is 14.2. The molecule has 0 spiro atoms. The highest BCUT2D eigenvalue weighted by atomic mass is 19.1. The number of para-hydroxylation sites is 1. The van der Waals surface area contributed by atoms with Crippen molar-refractivity contribution in [1.82, 2.24) is 15.1 Å². The molecule has 0 aliphatic carbocycles. The van der Waals surface area contributed by atoms with Gasteiger partial charge in [-0.25, -0.2) is 9.18 Å². The van der Waals surface area contributed by atoms with Gasteiger partial charge in [0.15, 0.2) is 0 Å². The first-order chi connectivity index (χ1) is 18.1. The quantitative estimate of drug-likeness (QED) is 0.562. The fraction of sp³-hybridized carbons (Fsp3) is 0.333. The standard InChI is InChI=1S/C30H33FN4O2/c31-27-13-7-8-14-28(27)33-15-17-34(18-16-33)29(36)26-19-25(24-11-5-2-6-12-24)21-35(22-26)30(37)32-20-23-9-3-1-4-10-23/h1-14,25-26H,15-22H2,(H,32,37). The summed E-state index contributed by atoms with van der Waals surface area (Å²) in [6, 6.07) is 26.6. The van der Waals surface area contributed by atoms with Crippen molar-refractivity contribution >= 4 is 17.6 Å². The number of halogens is 1. The van der Waals surface area contributed by atoms with Gasteiger partial charge in [0.05, 0.1) is 11.6 Å². The molecule has 0 radical (unpaired) electrons. The van der Waals surface area contributed by atoms with Crippen LogP contribution in [0.5, 0.6) is 0 Å². The van der Waals surface area contributed by atoms with Crippen LogP contribution in [0.3, 0.4) is 0 Å². The Morgan fingerprint density at radius 2 is 1.43 bits per heavy atom. The number of carbonyl (C=O) groups excluding carboxylic acids is 2. The summed E-state index contributed by atoms with van der Waals surface area (Å²) in [5.41, 5.74) is 2.76. The molecule has 0 saturated carbocycles. The molecule has 0 aromatic heterocycles. The molecule has 2 aliphatic heterocycles. The molecule has 3 aromatic rings. The van der Waals surface area contributed by atoms with Crippen molar-refractivity contribution in [2.75, 3.05) is 44.2 Å². The van der Waals surface area contributed by atoms with Gasteiger partial charge in [0.1, 0.15) is 5.82 Å². The zero-order valence-electron chi connectivity index (χ0n) is 20.9. The molecule has 5 rings (SSSR count). The van der Waals surface area contributed by atoms with E-state index in [-0.39, 0.29) is 29.6 Å². The minimum Gasteiger partial charge on any atom is -0.366 e. The third kappa shape index (κ3) is 5.93. The van der Waals surface area contributed by atoms with E-state index in [4.69, 9.17) is 0 Å². The Balaban J connectivity index is 1.26. The predicted octanol–water partition coefficient (Wildman–Crippen LogP) is 4.49. The number of urea groups is 1. The fourth-order valence-corrected chi connectivity index (χ4v) is 5.43. The SMILES string of the molecule is O=C(NCc1ccccc1)N1CC(C(=O)N2CCN(c3ccccc3F)CC2)CC(c2ccccc2)C1. The van der Waals surface area contributed by atoms with E-state index in [1.807, 2.05) is 64.4 Å². The van der Waals surface area contributed by atoms with Gasteiger partial charge in [-0.3, -0.25) is 4.79 Å². The molecule has 3 amide bonds. The molecule has 0 bridgehead atoms. The van der Waals surface area contributed by atoms with E-state index in [1.54, 1.807) is 17.0 Å². The number of benzene rings is 3. The number of piperidine rings is 1. The molecule has 6 nitrogen and oxygen atoms in total. The van der Waals surface area contributed by atoms with Crippen molar-refractivity contribution < 1.29 is 14.0 Å². The Kier molecular flexibility index (Phi) is 7.68. The van der Waals surface area contributed by atoms with Crippen LogP contribution in [0.2, 0.25) is 0 Å². The summed E-state index contributed by atoms with van der Waals surface area (Å²) in [5, 5.41) is 3.03. The summed E-state index contributed by atoms with van der Waals surface area (Å²) in [6.45, 7) is 3.68. The number of hydrogen-bond donors (Lipinski definition) is 1. The van der Waals surface area contributed by atoms with E-state index in [0.717, 1.165) is 11.1 Å². The molecule has 192 valence electrons. The number of anilines is 1. The first kappa shape index (κ1) is 24.8. The van der Waals surface area contributed by atoms with Gasteiger partial charge < -0.3 is 20.0 Å². The molecule has 2 atom stereocenters. The summed E-state index contributed by atoms with van der Waals surface area (Å²) in [5.74, 6) is -0.348. The average Bonchev–Trinajstić information content (AvgIpc) is 2.96. The Labute approximate surface area is 217 Å².